The number of allylic oxidation sites excluding steroid dienone is 4. The van der Waals surface area contributed by atoms with E-state index in [2.05, 4.69) is 13.2 Å². The highest BCUT2D eigenvalue weighted by molar-refractivity contribution is 6.10. The van der Waals surface area contributed by atoms with E-state index in [-0.39, 0.29) is 22.9 Å². The first-order chi connectivity index (χ1) is 23.5. The molecule has 0 bridgehead atoms. The van der Waals surface area contributed by atoms with E-state index < -0.39 is 0 Å². The molecule has 0 atom stereocenters. The van der Waals surface area contributed by atoms with Gasteiger partial charge in [-0.1, -0.05) is 60.7 Å². The molecule has 49 heavy (non-hydrogen) atoms. The third kappa shape index (κ3) is 10.6. The number of benzene rings is 5. The Kier molecular flexibility index (Phi) is 12.4. The van der Waals surface area contributed by atoms with Crippen LogP contribution in [-0.2, 0) is 4.79 Å². The smallest absolute Gasteiger partial charge is 0.193 e. The highest BCUT2D eigenvalue weighted by Gasteiger charge is 2.11. The van der Waals surface area contributed by atoms with E-state index in [1.165, 1.54) is 24.6 Å². The van der Waals surface area contributed by atoms with Crippen LogP contribution in [0.1, 0.15) is 44.3 Å². The van der Waals surface area contributed by atoms with Crippen LogP contribution in [-0.4, -0.2) is 24.5 Å². The maximum Gasteiger partial charge on any atom is 0.193 e. The minimum Gasteiger partial charge on any atom is -0.497 e. The molecule has 0 fully saturated rings. The summed E-state index contributed by atoms with van der Waals surface area (Å²) in [6.45, 7) is 12.8. The van der Waals surface area contributed by atoms with E-state index >= 15 is 0 Å². The van der Waals surface area contributed by atoms with E-state index in [1.807, 2.05) is 62.4 Å². The molecule has 0 N–H and O–H groups in total. The topological polar surface area (TPSA) is 78.9 Å². The predicted molar refractivity (Wildman–Crippen MR) is 194 cm³/mol. The molecule has 0 aliphatic heterocycles. The standard InChI is InChI=1S/C22H20O3.C21H18O3/c1-15-5-11-20(12-6-15)25-21-13-9-19(10-14-21)22(24)17(3)8-7-16(2)18(4)23;1-15-3-9-19(10-4-15)24-20-13-7-17(8-14-20)21(22)16-5-11-18(23-2)12-6-16/h5-14H,2-3H2,1,4H3;3-14H,1-2H3/b8-7-;. The summed E-state index contributed by atoms with van der Waals surface area (Å²) in [7, 11) is 1.60. The zero-order chi connectivity index (χ0) is 35.3. The van der Waals surface area contributed by atoms with Gasteiger partial charge in [-0.15, -0.1) is 0 Å². The lowest BCUT2D eigenvalue weighted by Crippen LogP contribution is -2.01. The third-order valence-corrected chi connectivity index (χ3v) is 7.33. The zero-order valence-corrected chi connectivity index (χ0v) is 28.1. The molecule has 0 aromatic heterocycles. The number of carbonyl (C=O) groups is 3. The third-order valence-electron chi connectivity index (χ3n) is 7.33. The summed E-state index contributed by atoms with van der Waals surface area (Å²) in [5, 5.41) is 0. The molecule has 0 saturated carbocycles. The molecule has 246 valence electrons. The summed E-state index contributed by atoms with van der Waals surface area (Å²) < 4.78 is 16.6. The summed E-state index contributed by atoms with van der Waals surface area (Å²) in [5.74, 6) is 3.20. The molecule has 0 aliphatic carbocycles. The maximum atomic E-state index is 12.5. The van der Waals surface area contributed by atoms with Gasteiger partial charge < -0.3 is 14.2 Å². The van der Waals surface area contributed by atoms with Crippen LogP contribution in [0.25, 0.3) is 0 Å². The van der Waals surface area contributed by atoms with Crippen molar-refractivity contribution in [3.8, 4) is 28.7 Å². The molecule has 0 unspecified atom stereocenters. The minimum absolute atomic E-state index is 0.0282. The molecule has 0 saturated heterocycles. The zero-order valence-electron chi connectivity index (χ0n) is 28.1. The first kappa shape index (κ1) is 35.6. The molecule has 5 aromatic carbocycles. The fraction of sp³-hybridized carbons (Fsp3) is 0.0930. The Bertz CT molecular complexity index is 1950. The largest absolute Gasteiger partial charge is 0.497 e. The molecule has 0 aliphatic rings. The monoisotopic (exact) mass is 650 g/mol. The van der Waals surface area contributed by atoms with Crippen molar-refractivity contribution < 1.29 is 28.6 Å². The van der Waals surface area contributed by atoms with Crippen molar-refractivity contribution in [3.63, 3.8) is 0 Å². The summed E-state index contributed by atoms with van der Waals surface area (Å²) in [4.78, 5) is 35.9. The Balaban J connectivity index is 0.000000221. The second-order valence-corrected chi connectivity index (χ2v) is 11.2. The summed E-state index contributed by atoms with van der Waals surface area (Å²) in [6, 6.07) is 36.6. The average molecular weight is 651 g/mol. The molecule has 0 amide bonds. The molecular weight excluding hydrogens is 612 g/mol. The highest BCUT2D eigenvalue weighted by atomic mass is 16.5. The maximum absolute atomic E-state index is 12.5. The minimum atomic E-state index is -0.213. The molecule has 5 aromatic rings. The first-order valence-corrected chi connectivity index (χ1v) is 15.5. The van der Waals surface area contributed by atoms with Crippen LogP contribution < -0.4 is 14.2 Å². The van der Waals surface area contributed by atoms with Gasteiger partial charge in [0, 0.05) is 27.8 Å². The van der Waals surface area contributed by atoms with Crippen molar-refractivity contribution >= 4 is 17.3 Å². The fourth-order valence-corrected chi connectivity index (χ4v) is 4.32. The second kappa shape index (κ2) is 17.0. The number of hydrogen-bond donors (Lipinski definition) is 0. The Hall–Kier alpha value is -6.27. The van der Waals surface area contributed by atoms with E-state index in [0.717, 1.165) is 22.8 Å². The normalized spacial score (nSPS) is 10.4. The number of hydrogen-bond acceptors (Lipinski definition) is 6. The Morgan fingerprint density at radius 1 is 0.490 bits per heavy atom. The van der Waals surface area contributed by atoms with Crippen molar-refractivity contribution in [2.24, 2.45) is 0 Å². The van der Waals surface area contributed by atoms with Crippen LogP contribution in [0.2, 0.25) is 0 Å². The lowest BCUT2D eigenvalue weighted by atomic mass is 10.0. The van der Waals surface area contributed by atoms with Crippen LogP contribution in [0.15, 0.2) is 158 Å². The molecular formula is C43H38O6. The molecule has 6 nitrogen and oxygen atoms in total. The summed E-state index contributed by atoms with van der Waals surface area (Å²) >= 11 is 0. The van der Waals surface area contributed by atoms with Crippen molar-refractivity contribution in [1.29, 1.82) is 0 Å². The van der Waals surface area contributed by atoms with Gasteiger partial charge >= 0.3 is 0 Å². The summed E-state index contributed by atoms with van der Waals surface area (Å²) in [5.41, 5.74) is 4.71. The van der Waals surface area contributed by atoms with Gasteiger partial charge in [0.15, 0.2) is 17.3 Å². The first-order valence-electron chi connectivity index (χ1n) is 15.5. The molecule has 0 spiro atoms. The highest BCUT2D eigenvalue weighted by Crippen LogP contribution is 2.24. The van der Waals surface area contributed by atoms with Crippen molar-refractivity contribution in [1.82, 2.24) is 0 Å². The van der Waals surface area contributed by atoms with E-state index in [9.17, 15) is 14.4 Å². The number of Topliss-reactive ketones (excluding diaryl/α,β-unsaturated/α-hetero) is 2. The van der Waals surface area contributed by atoms with Gasteiger partial charge in [-0.05, 0) is 118 Å². The van der Waals surface area contributed by atoms with Crippen molar-refractivity contribution in [3.05, 3.63) is 186 Å². The SMILES string of the molecule is C=C(/C=C\C(=C)C(=O)c1ccc(Oc2ccc(C)cc2)cc1)C(C)=O.COc1ccc(C(=O)c2ccc(Oc3ccc(C)cc3)cc2)cc1. The quantitative estimate of drug-likeness (QED) is 0.0760. The molecule has 5 rings (SSSR count). The lowest BCUT2D eigenvalue weighted by Gasteiger charge is -2.07. The summed E-state index contributed by atoms with van der Waals surface area (Å²) in [6.07, 6.45) is 3.00. The van der Waals surface area contributed by atoms with E-state index in [0.29, 0.717) is 33.8 Å². The van der Waals surface area contributed by atoms with E-state index in [4.69, 9.17) is 14.2 Å². The van der Waals surface area contributed by atoms with Gasteiger partial charge in [0.25, 0.3) is 0 Å². The average Bonchev–Trinajstić information content (AvgIpc) is 3.12. The fourth-order valence-electron chi connectivity index (χ4n) is 4.32. The second-order valence-electron chi connectivity index (χ2n) is 11.2. The van der Waals surface area contributed by atoms with E-state index in [1.54, 1.807) is 79.9 Å². The number of aryl methyl sites for hydroxylation is 2. The lowest BCUT2D eigenvalue weighted by molar-refractivity contribution is -0.113. The van der Waals surface area contributed by atoms with Crippen molar-refractivity contribution in [2.75, 3.05) is 7.11 Å². The Labute approximate surface area is 287 Å². The predicted octanol–water partition coefficient (Wildman–Crippen LogP) is 10.3. The van der Waals surface area contributed by atoms with Crippen LogP contribution in [0.5, 0.6) is 28.7 Å². The van der Waals surface area contributed by atoms with Gasteiger partial charge in [-0.3, -0.25) is 14.4 Å². The van der Waals surface area contributed by atoms with Crippen LogP contribution in [0.3, 0.4) is 0 Å². The molecule has 0 heterocycles. The van der Waals surface area contributed by atoms with Crippen LogP contribution in [0.4, 0.5) is 0 Å². The number of carbonyl (C=O) groups excluding carboxylic acids is 3. The van der Waals surface area contributed by atoms with Gasteiger partial charge in [-0.25, -0.2) is 0 Å². The van der Waals surface area contributed by atoms with Crippen molar-refractivity contribution in [2.45, 2.75) is 20.8 Å². The number of ketones is 3. The number of rotatable bonds is 12. The van der Waals surface area contributed by atoms with Crippen LogP contribution in [0, 0.1) is 13.8 Å². The number of ether oxygens (including phenoxy) is 3. The van der Waals surface area contributed by atoms with Gasteiger partial charge in [0.2, 0.25) is 0 Å². The van der Waals surface area contributed by atoms with Crippen LogP contribution >= 0.6 is 0 Å². The van der Waals surface area contributed by atoms with Gasteiger partial charge in [0.1, 0.15) is 28.7 Å². The Morgan fingerprint density at radius 2 is 0.816 bits per heavy atom. The molecule has 6 heteroatoms. The van der Waals surface area contributed by atoms with Gasteiger partial charge in [0.05, 0.1) is 7.11 Å². The molecule has 0 radical (unpaired) electrons. The number of methoxy groups -OCH3 is 1. The van der Waals surface area contributed by atoms with Gasteiger partial charge in [-0.2, -0.15) is 0 Å². The Morgan fingerprint density at radius 3 is 1.18 bits per heavy atom.